The summed E-state index contributed by atoms with van der Waals surface area (Å²) in [6.45, 7) is 10.1. The summed E-state index contributed by atoms with van der Waals surface area (Å²) in [5.41, 5.74) is 2.05. The standard InChI is InChI=1S/C72H112N6O15/c1-72(2,3)93-71(85)56-23-27-58(28-24-56)76-66(80)19-11-43-87-59-29-33-62(34-30-59)90-46-41-73-67(81)50-78(51-68(82)74-52-92-64-39-37-61(38-40-64)88-44-12-18-65(79)75-57-25-21-55(22-26-57)70(84)86-4)69(83)20-13-45-89-60-31-35-63(36-32-60)91-47-42-77(48-53-14-7-5-8-15-53)49-54-16-9-6-10-17-54/h5-10,14-17,55-64H,11-13,18-52H2,1-4H3,(H,73,81)(H,74,82)(H,75,79)(H,76,80). The van der Waals surface area contributed by atoms with Crippen LogP contribution >= 0.6 is 0 Å². The minimum Gasteiger partial charge on any atom is -0.469 e. The van der Waals surface area contributed by atoms with Crippen LogP contribution in [0.2, 0.25) is 0 Å². The normalized spacial score (nSPS) is 24.3. The van der Waals surface area contributed by atoms with E-state index in [4.69, 9.17) is 37.9 Å². The predicted molar refractivity (Wildman–Crippen MR) is 352 cm³/mol. The fourth-order valence-electron chi connectivity index (χ4n) is 13.4. The van der Waals surface area contributed by atoms with E-state index < -0.39 is 11.5 Å². The molecule has 0 aliphatic heterocycles. The van der Waals surface area contributed by atoms with Crippen LogP contribution in [0.15, 0.2) is 60.7 Å². The molecular weight excluding hydrogens is 1190 g/mol. The van der Waals surface area contributed by atoms with Gasteiger partial charge in [-0.2, -0.15) is 0 Å². The first-order chi connectivity index (χ1) is 45.0. The molecule has 93 heavy (non-hydrogen) atoms. The van der Waals surface area contributed by atoms with Crippen LogP contribution in [0.25, 0.3) is 0 Å². The molecule has 2 aromatic carbocycles. The molecule has 520 valence electrons. The molecule has 5 saturated carbocycles. The molecule has 4 N–H and O–H groups in total. The van der Waals surface area contributed by atoms with Crippen LogP contribution in [0.3, 0.4) is 0 Å². The zero-order chi connectivity index (χ0) is 66.1. The number of esters is 2. The summed E-state index contributed by atoms with van der Waals surface area (Å²) in [6.07, 6.45) is 18.9. The maximum atomic E-state index is 13.8. The fraction of sp³-hybridized carbons (Fsp3) is 0.736. The molecule has 0 unspecified atom stereocenters. The summed E-state index contributed by atoms with van der Waals surface area (Å²) in [6, 6.07) is 21.2. The molecule has 0 saturated heterocycles. The number of hydrogen-bond donors (Lipinski definition) is 4. The maximum Gasteiger partial charge on any atom is 0.309 e. The van der Waals surface area contributed by atoms with Gasteiger partial charge in [0.2, 0.25) is 29.5 Å². The third-order valence-electron chi connectivity index (χ3n) is 18.7. The molecule has 0 heterocycles. The van der Waals surface area contributed by atoms with Gasteiger partial charge in [0.15, 0.2) is 0 Å². The van der Waals surface area contributed by atoms with E-state index in [1.807, 2.05) is 32.9 Å². The summed E-state index contributed by atoms with van der Waals surface area (Å²) in [4.78, 5) is 93.9. The monoisotopic (exact) mass is 1300 g/mol. The van der Waals surface area contributed by atoms with Gasteiger partial charge in [0.05, 0.1) is 68.8 Å². The molecule has 0 aromatic heterocycles. The van der Waals surface area contributed by atoms with Gasteiger partial charge >= 0.3 is 11.9 Å². The van der Waals surface area contributed by atoms with Crippen LogP contribution in [0.4, 0.5) is 0 Å². The molecule has 0 bridgehead atoms. The van der Waals surface area contributed by atoms with Crippen molar-refractivity contribution in [3.05, 3.63) is 71.8 Å². The van der Waals surface area contributed by atoms with Gasteiger partial charge in [-0.25, -0.2) is 0 Å². The van der Waals surface area contributed by atoms with Crippen LogP contribution < -0.4 is 21.3 Å². The first-order valence-electron chi connectivity index (χ1n) is 35.2. The van der Waals surface area contributed by atoms with Crippen molar-refractivity contribution in [3.8, 4) is 0 Å². The molecule has 21 heteroatoms. The van der Waals surface area contributed by atoms with E-state index in [9.17, 15) is 33.6 Å². The third kappa shape index (κ3) is 30.0. The van der Waals surface area contributed by atoms with Gasteiger partial charge in [-0.1, -0.05) is 60.7 Å². The van der Waals surface area contributed by atoms with Gasteiger partial charge < -0.3 is 64.1 Å². The Hall–Kier alpha value is -5.55. The van der Waals surface area contributed by atoms with Crippen molar-refractivity contribution in [2.45, 2.75) is 255 Å². The lowest BCUT2D eigenvalue weighted by atomic mass is 9.86. The van der Waals surface area contributed by atoms with Crippen molar-refractivity contribution < 1.29 is 71.5 Å². The average molecular weight is 1300 g/mol. The smallest absolute Gasteiger partial charge is 0.309 e. The number of nitrogens with zero attached hydrogens (tertiary/aromatic N) is 2. The van der Waals surface area contributed by atoms with Crippen molar-refractivity contribution in [3.63, 3.8) is 0 Å². The summed E-state index contributed by atoms with van der Waals surface area (Å²) < 4.78 is 47.6. The van der Waals surface area contributed by atoms with E-state index in [1.165, 1.54) is 23.1 Å². The van der Waals surface area contributed by atoms with E-state index in [1.54, 1.807) is 0 Å². The Balaban J connectivity index is 0.759. The number of nitrogens with one attached hydrogen (secondary N) is 4. The van der Waals surface area contributed by atoms with E-state index in [0.29, 0.717) is 65.1 Å². The molecule has 5 aliphatic carbocycles. The van der Waals surface area contributed by atoms with Crippen LogP contribution in [0, 0.1) is 11.8 Å². The Morgan fingerprint density at radius 2 is 0.828 bits per heavy atom. The molecule has 0 atom stereocenters. The number of hydrogen-bond acceptors (Lipinski definition) is 16. The molecule has 5 aliphatic rings. The molecule has 0 radical (unpaired) electrons. The summed E-state index contributed by atoms with van der Waals surface area (Å²) in [5, 5.41) is 11.9. The van der Waals surface area contributed by atoms with Crippen LogP contribution in [0.5, 0.6) is 0 Å². The molecule has 2 aromatic rings. The highest BCUT2D eigenvalue weighted by atomic mass is 16.6. The number of rotatable bonds is 38. The van der Waals surface area contributed by atoms with Crippen molar-refractivity contribution in [2.75, 3.05) is 73.1 Å². The Morgan fingerprint density at radius 1 is 0.441 bits per heavy atom. The van der Waals surface area contributed by atoms with Gasteiger partial charge in [-0.15, -0.1) is 0 Å². The van der Waals surface area contributed by atoms with Gasteiger partial charge in [-0.3, -0.25) is 38.5 Å². The lowest BCUT2D eigenvalue weighted by Gasteiger charge is -2.30. The van der Waals surface area contributed by atoms with Gasteiger partial charge in [0, 0.05) is 77.3 Å². The Labute approximate surface area is 553 Å². The zero-order valence-electron chi connectivity index (χ0n) is 56.4. The van der Waals surface area contributed by atoms with Crippen LogP contribution in [-0.4, -0.2) is 179 Å². The fourth-order valence-corrected chi connectivity index (χ4v) is 13.4. The minimum atomic E-state index is -0.503. The van der Waals surface area contributed by atoms with Crippen molar-refractivity contribution in [1.82, 2.24) is 31.1 Å². The third-order valence-corrected chi connectivity index (χ3v) is 18.7. The number of methoxy groups -OCH3 is 1. The second-order valence-corrected chi connectivity index (χ2v) is 27.3. The number of benzene rings is 2. The molecule has 0 spiro atoms. The van der Waals surface area contributed by atoms with Gasteiger partial charge in [0.1, 0.15) is 25.4 Å². The van der Waals surface area contributed by atoms with Crippen LogP contribution in [0.1, 0.15) is 199 Å². The highest BCUT2D eigenvalue weighted by Gasteiger charge is 2.32. The Morgan fingerprint density at radius 3 is 1.26 bits per heavy atom. The van der Waals surface area contributed by atoms with Gasteiger partial charge in [-0.05, 0) is 180 Å². The highest BCUT2D eigenvalue weighted by molar-refractivity contribution is 5.89. The SMILES string of the molecule is COC(=O)C1CCC(NC(=O)CCCOC2CCC(OCNC(=O)CN(CC(=O)NCCOC3CCC(OCCCC(=O)NC4CCC(C(=O)OC(C)(C)C)CC4)CC3)C(=O)CCCOC3CCC(OCCN(Cc4ccccc4)Cc4ccccc4)CC3)CC2)CC1. The largest absolute Gasteiger partial charge is 0.469 e. The Kier molecular flexibility index (Phi) is 33.3. The average Bonchev–Trinajstić information content (AvgIpc) is 2.74. The second-order valence-electron chi connectivity index (χ2n) is 27.3. The first-order valence-corrected chi connectivity index (χ1v) is 35.2. The van der Waals surface area contributed by atoms with Crippen molar-refractivity contribution in [2.24, 2.45) is 11.8 Å². The number of carbonyl (C=O) groups excluding carboxylic acids is 7. The molecule has 21 nitrogen and oxygen atoms in total. The number of ether oxygens (including phenoxy) is 8. The molecular formula is C72H112N6O15. The van der Waals surface area contributed by atoms with Gasteiger partial charge in [0.25, 0.3) is 0 Å². The second kappa shape index (κ2) is 41.4. The minimum absolute atomic E-state index is 0.00469. The molecule has 5 fully saturated rings. The zero-order valence-corrected chi connectivity index (χ0v) is 56.4. The highest BCUT2D eigenvalue weighted by Crippen LogP contribution is 2.30. The lowest BCUT2D eigenvalue weighted by Crippen LogP contribution is -2.46. The summed E-state index contributed by atoms with van der Waals surface area (Å²) in [7, 11) is 1.41. The van der Waals surface area contributed by atoms with E-state index in [-0.39, 0.29) is 129 Å². The van der Waals surface area contributed by atoms with Crippen molar-refractivity contribution in [1.29, 1.82) is 0 Å². The molecule has 7 rings (SSSR count). The van der Waals surface area contributed by atoms with E-state index in [2.05, 4.69) is 74.7 Å². The molecule has 5 amide bonds. The number of amides is 5. The quantitative estimate of drug-likeness (QED) is 0.0278. The van der Waals surface area contributed by atoms with E-state index >= 15 is 0 Å². The maximum absolute atomic E-state index is 13.8. The Bertz CT molecular complexity index is 2460. The number of carbonyl (C=O) groups is 7. The van der Waals surface area contributed by atoms with E-state index in [0.717, 1.165) is 148 Å². The summed E-state index contributed by atoms with van der Waals surface area (Å²) >= 11 is 0. The topological polar surface area (TPSA) is 248 Å². The van der Waals surface area contributed by atoms with Crippen molar-refractivity contribution >= 4 is 41.5 Å². The lowest BCUT2D eigenvalue weighted by molar-refractivity contribution is -0.161. The predicted octanol–water partition coefficient (Wildman–Crippen LogP) is 8.95. The first kappa shape index (κ1) is 74.8. The van der Waals surface area contributed by atoms with Crippen LogP contribution in [-0.2, 0) is 84.5 Å². The summed E-state index contributed by atoms with van der Waals surface area (Å²) in [5.74, 6) is -1.63.